The van der Waals surface area contributed by atoms with E-state index in [0.29, 0.717) is 22.3 Å². The summed E-state index contributed by atoms with van der Waals surface area (Å²) in [4.78, 5) is 12.4. The van der Waals surface area contributed by atoms with Gasteiger partial charge in [-0.2, -0.15) is 0 Å². The lowest BCUT2D eigenvalue weighted by Gasteiger charge is -2.13. The maximum Gasteiger partial charge on any atom is 0.336 e. The Morgan fingerprint density at radius 1 is 0.889 bits per heavy atom. The number of rotatable bonds is 6. The lowest BCUT2D eigenvalue weighted by molar-refractivity contribution is 0.416. The van der Waals surface area contributed by atoms with Crippen LogP contribution < -0.4 is 10.4 Å². The zero-order chi connectivity index (χ0) is 24.5. The Morgan fingerprint density at radius 2 is 1.67 bits per heavy atom. The minimum absolute atomic E-state index is 0.368. The highest BCUT2D eigenvalue weighted by atomic mass is 32.2. The Balaban J connectivity index is 1.47. The van der Waals surface area contributed by atoms with Crippen molar-refractivity contribution in [2.45, 2.75) is 10.9 Å². The van der Waals surface area contributed by atoms with Crippen molar-refractivity contribution in [3.05, 3.63) is 113 Å². The largest absolute Gasteiger partial charge is 0.496 e. The van der Waals surface area contributed by atoms with Gasteiger partial charge in [0.1, 0.15) is 11.3 Å². The third-order valence-corrected chi connectivity index (χ3v) is 7.04. The summed E-state index contributed by atoms with van der Waals surface area (Å²) in [6.07, 6.45) is 0. The number of methoxy groups -OCH3 is 1. The summed E-state index contributed by atoms with van der Waals surface area (Å²) in [6.45, 7) is 0. The van der Waals surface area contributed by atoms with Gasteiger partial charge in [0.05, 0.1) is 12.7 Å². The van der Waals surface area contributed by atoms with Crippen molar-refractivity contribution >= 4 is 33.5 Å². The first-order valence-corrected chi connectivity index (χ1v) is 12.4. The normalized spacial score (nSPS) is 11.2. The van der Waals surface area contributed by atoms with E-state index in [1.807, 2.05) is 83.4 Å². The molecule has 0 radical (unpaired) electrons. The summed E-state index contributed by atoms with van der Waals surface area (Å²) < 4.78 is 13.2. The summed E-state index contributed by atoms with van der Waals surface area (Å²) in [5.74, 6) is 1.92. The second-order valence-electron chi connectivity index (χ2n) is 8.22. The molecule has 36 heavy (non-hydrogen) atoms. The minimum atomic E-state index is -0.368. The molecule has 0 saturated carbocycles. The fraction of sp³-hybridized carbons (Fsp3) is 0.0690. The van der Waals surface area contributed by atoms with E-state index in [0.717, 1.165) is 38.7 Å². The minimum Gasteiger partial charge on any atom is -0.496 e. The Morgan fingerprint density at radius 3 is 2.53 bits per heavy atom. The van der Waals surface area contributed by atoms with Gasteiger partial charge in [0, 0.05) is 22.9 Å². The van der Waals surface area contributed by atoms with Crippen LogP contribution in [0.2, 0.25) is 0 Å². The maximum absolute atomic E-state index is 12.4. The number of hydrogen-bond acceptors (Lipinski definition) is 6. The van der Waals surface area contributed by atoms with Crippen LogP contribution in [-0.4, -0.2) is 21.9 Å². The highest BCUT2D eigenvalue weighted by Crippen LogP contribution is 2.35. The van der Waals surface area contributed by atoms with E-state index in [9.17, 15) is 4.79 Å². The van der Waals surface area contributed by atoms with Crippen LogP contribution in [0.3, 0.4) is 0 Å². The van der Waals surface area contributed by atoms with Crippen molar-refractivity contribution in [1.29, 1.82) is 0 Å². The molecule has 0 aliphatic heterocycles. The Bertz CT molecular complexity index is 1760. The first-order chi connectivity index (χ1) is 17.7. The molecule has 0 atom stereocenters. The number of nitrogens with zero attached hydrogens (tertiary/aromatic N) is 3. The molecule has 7 heteroatoms. The smallest absolute Gasteiger partial charge is 0.336 e. The monoisotopic (exact) mass is 491 g/mol. The lowest BCUT2D eigenvalue weighted by atomic mass is 10.0. The molecule has 0 saturated heterocycles. The average molecular weight is 492 g/mol. The molecule has 0 N–H and O–H groups in total. The molecular weight excluding hydrogens is 470 g/mol. The molecule has 2 aromatic heterocycles. The van der Waals surface area contributed by atoms with Gasteiger partial charge in [-0.25, -0.2) is 4.79 Å². The van der Waals surface area contributed by atoms with Crippen LogP contribution in [0.4, 0.5) is 0 Å². The topological polar surface area (TPSA) is 70.2 Å². The Hall–Kier alpha value is -4.36. The summed E-state index contributed by atoms with van der Waals surface area (Å²) in [7, 11) is 1.65. The van der Waals surface area contributed by atoms with Gasteiger partial charge in [-0.15, -0.1) is 10.2 Å². The van der Waals surface area contributed by atoms with E-state index in [1.54, 1.807) is 13.2 Å². The molecule has 6 aromatic rings. The van der Waals surface area contributed by atoms with Crippen LogP contribution in [0.1, 0.15) is 5.56 Å². The average Bonchev–Trinajstić information content (AvgIpc) is 3.35. The number of para-hydroxylation sites is 2. The van der Waals surface area contributed by atoms with Gasteiger partial charge >= 0.3 is 5.63 Å². The number of aromatic nitrogens is 3. The quantitative estimate of drug-likeness (QED) is 0.151. The summed E-state index contributed by atoms with van der Waals surface area (Å²) in [6, 6.07) is 31.3. The number of ether oxygens (including phenoxy) is 1. The molecule has 0 spiro atoms. The molecule has 6 nitrogen and oxygen atoms in total. The zero-order valence-corrected chi connectivity index (χ0v) is 20.2. The molecule has 0 aliphatic rings. The summed E-state index contributed by atoms with van der Waals surface area (Å²) in [5, 5.41) is 12.9. The van der Waals surface area contributed by atoms with Gasteiger partial charge in [-0.3, -0.25) is 4.57 Å². The van der Waals surface area contributed by atoms with Gasteiger partial charge in [0.2, 0.25) is 0 Å². The Kier molecular flexibility index (Phi) is 5.75. The second-order valence-corrected chi connectivity index (χ2v) is 9.16. The van der Waals surface area contributed by atoms with E-state index in [-0.39, 0.29) is 5.63 Å². The van der Waals surface area contributed by atoms with Crippen LogP contribution in [0, 0.1) is 0 Å². The van der Waals surface area contributed by atoms with Crippen LogP contribution in [0.5, 0.6) is 5.75 Å². The molecule has 0 aliphatic carbocycles. The number of hydrogen-bond donors (Lipinski definition) is 0. The summed E-state index contributed by atoms with van der Waals surface area (Å²) in [5.41, 5.74) is 2.89. The van der Waals surface area contributed by atoms with Crippen molar-refractivity contribution in [3.8, 4) is 22.8 Å². The number of thioether (sulfide) groups is 1. The molecular formula is C29H21N3O3S. The van der Waals surface area contributed by atoms with Crippen LogP contribution in [0.25, 0.3) is 38.8 Å². The molecule has 0 unspecified atom stereocenters. The van der Waals surface area contributed by atoms with E-state index >= 15 is 0 Å². The lowest BCUT2D eigenvalue weighted by Crippen LogP contribution is -2.02. The van der Waals surface area contributed by atoms with E-state index < -0.39 is 0 Å². The molecule has 6 rings (SSSR count). The zero-order valence-electron chi connectivity index (χ0n) is 19.4. The summed E-state index contributed by atoms with van der Waals surface area (Å²) >= 11 is 1.52. The second kappa shape index (κ2) is 9.36. The van der Waals surface area contributed by atoms with Gasteiger partial charge in [-0.05, 0) is 46.7 Å². The SMILES string of the molecule is COc1ccccc1-c1nnc(SCc2cc(=O)oc3ccc4ccccc4c23)n1-c1ccccc1. The predicted octanol–water partition coefficient (Wildman–Crippen LogP) is 6.49. The molecule has 4 aromatic carbocycles. The highest BCUT2D eigenvalue weighted by molar-refractivity contribution is 7.98. The van der Waals surface area contributed by atoms with Crippen molar-refractivity contribution in [3.63, 3.8) is 0 Å². The van der Waals surface area contributed by atoms with E-state index in [4.69, 9.17) is 9.15 Å². The van der Waals surface area contributed by atoms with Gasteiger partial charge in [0.15, 0.2) is 11.0 Å². The third-order valence-electron chi connectivity index (χ3n) is 6.07. The number of benzene rings is 4. The van der Waals surface area contributed by atoms with E-state index in [1.165, 1.54) is 11.8 Å². The first kappa shape index (κ1) is 22.1. The van der Waals surface area contributed by atoms with Crippen molar-refractivity contribution in [2.75, 3.05) is 7.11 Å². The van der Waals surface area contributed by atoms with Crippen LogP contribution >= 0.6 is 11.8 Å². The fourth-order valence-corrected chi connectivity index (χ4v) is 5.39. The van der Waals surface area contributed by atoms with Crippen LogP contribution in [-0.2, 0) is 5.75 Å². The number of fused-ring (bicyclic) bond motifs is 3. The first-order valence-electron chi connectivity index (χ1n) is 11.4. The predicted molar refractivity (Wildman–Crippen MR) is 143 cm³/mol. The maximum atomic E-state index is 12.4. The van der Waals surface area contributed by atoms with Gasteiger partial charge < -0.3 is 9.15 Å². The van der Waals surface area contributed by atoms with Crippen molar-refractivity contribution in [1.82, 2.24) is 14.8 Å². The van der Waals surface area contributed by atoms with Gasteiger partial charge in [-0.1, -0.05) is 72.4 Å². The van der Waals surface area contributed by atoms with Crippen molar-refractivity contribution < 1.29 is 9.15 Å². The molecule has 2 heterocycles. The molecule has 0 fully saturated rings. The molecule has 176 valence electrons. The standard InChI is InChI=1S/C29H21N3O3S/c1-34-24-14-8-7-13-23(24)28-30-31-29(32(28)21-10-3-2-4-11-21)36-18-20-17-26(33)35-25-16-15-19-9-5-6-12-22(19)27(20)25/h2-17H,18H2,1H3. The highest BCUT2D eigenvalue weighted by Gasteiger charge is 2.20. The fourth-order valence-electron chi connectivity index (χ4n) is 4.45. The van der Waals surface area contributed by atoms with Gasteiger partial charge in [0.25, 0.3) is 0 Å². The van der Waals surface area contributed by atoms with Crippen molar-refractivity contribution in [2.24, 2.45) is 0 Å². The Labute approximate surface area is 211 Å². The third kappa shape index (κ3) is 3.93. The molecule has 0 bridgehead atoms. The van der Waals surface area contributed by atoms with E-state index in [2.05, 4.69) is 22.3 Å². The van der Waals surface area contributed by atoms with Crippen LogP contribution in [0.15, 0.2) is 111 Å². The molecule has 0 amide bonds.